The van der Waals surface area contributed by atoms with E-state index in [-0.39, 0.29) is 0 Å². The second-order valence-electron chi connectivity index (χ2n) is 6.90. The van der Waals surface area contributed by atoms with E-state index in [1.807, 2.05) is 0 Å². The first-order chi connectivity index (χ1) is 15.3. The van der Waals surface area contributed by atoms with Crippen molar-refractivity contribution < 1.29 is 75.2 Å². The molecule has 196 valence electrons. The molecule has 1 rings (SSSR count). The zero-order valence-corrected chi connectivity index (χ0v) is 19.9. The molecule has 0 aliphatic carbocycles. The van der Waals surface area contributed by atoms with Gasteiger partial charge in [0.2, 0.25) is 5.91 Å². The van der Waals surface area contributed by atoms with Crippen molar-refractivity contribution in [3.8, 4) is 0 Å². The predicted octanol–water partition coefficient (Wildman–Crippen LogP) is -0.428. The highest BCUT2D eigenvalue weighted by Gasteiger charge is 2.67. The van der Waals surface area contributed by atoms with Gasteiger partial charge in [0, 0.05) is 27.7 Å². The number of hydrogen-bond donors (Lipinski definition) is 4. The Morgan fingerprint density at radius 3 is 1.85 bits per heavy atom. The maximum absolute atomic E-state index is 14.0. The van der Waals surface area contributed by atoms with Crippen molar-refractivity contribution in [1.29, 1.82) is 0 Å². The quantitative estimate of drug-likeness (QED) is 0.165. The summed E-state index contributed by atoms with van der Waals surface area (Å²) in [4.78, 5) is 73.4. The number of hydrogen-bond acceptors (Lipinski definition) is 11. The lowest BCUT2D eigenvalue weighted by Gasteiger charge is -2.45. The molecule has 19 heteroatoms. The summed E-state index contributed by atoms with van der Waals surface area (Å²) in [5, 5.41) is -3.56. The van der Waals surface area contributed by atoms with Gasteiger partial charge in [-0.3, -0.25) is 32.8 Å². The van der Waals surface area contributed by atoms with Crippen LogP contribution < -0.4 is 5.32 Å². The Hall–Kier alpha value is -2.00. The fourth-order valence-corrected chi connectivity index (χ4v) is 4.80. The molecular weight excluding hydrogens is 518 g/mol. The highest BCUT2D eigenvalue weighted by atomic mass is 31.2. The molecule has 4 N–H and O–H groups in total. The summed E-state index contributed by atoms with van der Waals surface area (Å²) in [6.45, 7) is 2.87. The summed E-state index contributed by atoms with van der Waals surface area (Å²) in [6, 6.07) is -1.92. The molecule has 2 unspecified atom stereocenters. The van der Waals surface area contributed by atoms with Crippen LogP contribution in [-0.4, -0.2) is 81.2 Å². The van der Waals surface area contributed by atoms with Gasteiger partial charge in [0.15, 0.2) is 18.5 Å². The van der Waals surface area contributed by atoms with Crippen molar-refractivity contribution in [1.82, 2.24) is 5.32 Å². The molecule has 6 atom stereocenters. The van der Waals surface area contributed by atoms with Crippen LogP contribution in [0.1, 0.15) is 27.7 Å². The SMILES string of the molecule is CC(=O)N[C@H]1C(OP(=O)(O)C(F)(F)P(=O)(O)O)O[C@H](COC(C)=O)[C@H](OC(C)=O)[C@@H]1OC(C)=O. The van der Waals surface area contributed by atoms with E-state index in [2.05, 4.69) is 9.84 Å². The van der Waals surface area contributed by atoms with Gasteiger partial charge in [-0.1, -0.05) is 0 Å². The van der Waals surface area contributed by atoms with Crippen LogP contribution in [0.5, 0.6) is 0 Å². The summed E-state index contributed by atoms with van der Waals surface area (Å²) in [5.41, 5.74) is 0. The number of nitrogens with one attached hydrogen (secondary N) is 1. The predicted molar refractivity (Wildman–Crippen MR) is 102 cm³/mol. The fraction of sp³-hybridized carbons (Fsp3) is 0.733. The second-order valence-corrected chi connectivity index (χ2v) is 10.7. The highest BCUT2D eigenvalue weighted by molar-refractivity contribution is 7.72. The van der Waals surface area contributed by atoms with Crippen LogP contribution in [0.3, 0.4) is 0 Å². The first kappa shape index (κ1) is 30.0. The standard InChI is InChI=1S/C15H23F2NO14P2/c1-6(19)18-11-13(30-9(4)22)12(29-8(3)21)10(5-28-7(2)20)31-14(11)32-34(26,27)15(16,17)33(23,24)25/h10-14H,5H2,1-4H3,(H,18,19)(H,26,27)(H2,23,24,25)/t10-,11-,12+,13-,14?/m1/s1. The first-order valence-corrected chi connectivity index (χ1v) is 12.3. The molecule has 15 nitrogen and oxygen atoms in total. The van der Waals surface area contributed by atoms with Gasteiger partial charge in [0.1, 0.15) is 18.8 Å². The van der Waals surface area contributed by atoms with Gasteiger partial charge in [-0.25, -0.2) is 0 Å². The Balaban J connectivity index is 3.56. The number of carbonyl (C=O) groups is 4. The van der Waals surface area contributed by atoms with Crippen LogP contribution in [0.25, 0.3) is 0 Å². The van der Waals surface area contributed by atoms with Crippen molar-refractivity contribution in [2.24, 2.45) is 0 Å². The average Bonchev–Trinajstić information content (AvgIpc) is 2.62. The minimum absolute atomic E-state index is 0.789. The van der Waals surface area contributed by atoms with Gasteiger partial charge in [0.25, 0.3) is 0 Å². The molecule has 1 fully saturated rings. The van der Waals surface area contributed by atoms with Crippen molar-refractivity contribution >= 4 is 39.0 Å². The zero-order chi connectivity index (χ0) is 26.6. The molecule has 0 radical (unpaired) electrons. The topological polar surface area (TPSA) is 221 Å². The number of halogens is 2. The normalized spacial score (nSPS) is 27.1. The van der Waals surface area contributed by atoms with E-state index < -0.39 is 81.7 Å². The highest BCUT2D eigenvalue weighted by Crippen LogP contribution is 2.73. The van der Waals surface area contributed by atoms with Crippen molar-refractivity contribution in [2.45, 2.75) is 63.7 Å². The maximum atomic E-state index is 14.0. The van der Waals surface area contributed by atoms with Crippen molar-refractivity contribution in [3.05, 3.63) is 0 Å². The lowest BCUT2D eigenvalue weighted by Crippen LogP contribution is -2.66. The molecule has 1 aliphatic heterocycles. The molecular formula is C15H23F2NO14P2. The Bertz CT molecular complexity index is 908. The molecule has 0 aromatic carbocycles. The third kappa shape index (κ3) is 7.50. The van der Waals surface area contributed by atoms with E-state index in [1.54, 1.807) is 0 Å². The summed E-state index contributed by atoms with van der Waals surface area (Å²) >= 11 is 0. The largest absolute Gasteiger partial charge is 0.463 e. The van der Waals surface area contributed by atoms with E-state index in [0.717, 1.165) is 27.7 Å². The van der Waals surface area contributed by atoms with Gasteiger partial charge >= 0.3 is 38.5 Å². The molecule has 1 aliphatic rings. The van der Waals surface area contributed by atoms with E-state index in [1.165, 1.54) is 0 Å². The van der Waals surface area contributed by atoms with Gasteiger partial charge in [0.05, 0.1) is 0 Å². The molecule has 0 spiro atoms. The summed E-state index contributed by atoms with van der Waals surface area (Å²) in [6.07, 6.45) is -7.63. The minimum Gasteiger partial charge on any atom is -0.463 e. The number of esters is 3. The summed E-state index contributed by atoms with van der Waals surface area (Å²) in [7, 11) is -13.1. The van der Waals surface area contributed by atoms with Crippen LogP contribution in [0.2, 0.25) is 0 Å². The van der Waals surface area contributed by atoms with Gasteiger partial charge in [-0.2, -0.15) is 8.78 Å². The van der Waals surface area contributed by atoms with Gasteiger partial charge in [-0.15, -0.1) is 0 Å². The lowest BCUT2D eigenvalue weighted by molar-refractivity contribution is -0.259. The smallest absolute Gasteiger partial charge is 0.443 e. The molecule has 1 amide bonds. The monoisotopic (exact) mass is 541 g/mol. The van der Waals surface area contributed by atoms with Crippen LogP contribution in [-0.2, 0) is 51.8 Å². The van der Waals surface area contributed by atoms with Crippen molar-refractivity contribution in [3.63, 3.8) is 0 Å². The van der Waals surface area contributed by atoms with Crippen LogP contribution in [0.4, 0.5) is 8.78 Å². The Morgan fingerprint density at radius 2 is 1.44 bits per heavy atom. The Kier molecular flexibility index (Phi) is 9.86. The number of rotatable bonds is 9. The number of ether oxygens (including phenoxy) is 4. The first-order valence-electron chi connectivity index (χ1n) is 9.15. The molecule has 1 saturated heterocycles. The van der Waals surface area contributed by atoms with E-state index >= 15 is 0 Å². The molecule has 0 aromatic rings. The third-order valence-electron chi connectivity index (χ3n) is 4.01. The van der Waals surface area contributed by atoms with Crippen LogP contribution in [0, 0.1) is 0 Å². The van der Waals surface area contributed by atoms with Gasteiger partial charge in [-0.05, 0) is 0 Å². The maximum Gasteiger partial charge on any atom is 0.443 e. The van der Waals surface area contributed by atoms with E-state index in [4.69, 9.17) is 28.7 Å². The lowest BCUT2D eigenvalue weighted by atomic mass is 9.96. The Labute approximate surface area is 190 Å². The molecule has 0 bridgehead atoms. The third-order valence-corrected chi connectivity index (χ3v) is 7.42. The van der Waals surface area contributed by atoms with E-state index in [9.17, 15) is 42.0 Å². The Morgan fingerprint density at radius 1 is 0.941 bits per heavy atom. The second kappa shape index (κ2) is 11.2. The number of amides is 1. The van der Waals surface area contributed by atoms with Crippen molar-refractivity contribution in [2.75, 3.05) is 6.61 Å². The molecule has 1 heterocycles. The molecule has 34 heavy (non-hydrogen) atoms. The van der Waals surface area contributed by atoms with Gasteiger partial charge < -0.3 is 38.9 Å². The average molecular weight is 541 g/mol. The van der Waals surface area contributed by atoms with Crippen LogP contribution >= 0.6 is 15.2 Å². The van der Waals surface area contributed by atoms with Crippen LogP contribution in [0.15, 0.2) is 0 Å². The number of carbonyl (C=O) groups excluding carboxylic acids is 4. The zero-order valence-electron chi connectivity index (χ0n) is 18.1. The number of alkyl halides is 2. The summed E-state index contributed by atoms with van der Waals surface area (Å²) in [5.74, 6) is -3.87. The van der Waals surface area contributed by atoms with E-state index in [0.29, 0.717) is 0 Å². The minimum atomic E-state index is -6.57. The summed E-state index contributed by atoms with van der Waals surface area (Å²) < 4.78 is 75.5. The molecule has 0 saturated carbocycles. The molecule has 0 aromatic heterocycles. The fourth-order valence-electron chi connectivity index (χ4n) is 2.75.